The summed E-state index contributed by atoms with van der Waals surface area (Å²) < 4.78 is 1.17. The van der Waals surface area contributed by atoms with Gasteiger partial charge in [0.1, 0.15) is 0 Å². The first-order valence-electron chi connectivity index (χ1n) is 5.18. The molecule has 0 fully saturated rings. The molecule has 0 atom stereocenters. The molecule has 0 aromatic heterocycles. The molecule has 17 heavy (non-hydrogen) atoms. The van der Waals surface area contributed by atoms with Crippen molar-refractivity contribution >= 4 is 40.0 Å². The molecule has 0 aliphatic carbocycles. The Morgan fingerprint density at radius 3 is 2.18 bits per heavy atom. The average molecular weight is 357 g/mol. The monoisotopic (exact) mass is 356 g/mol. The van der Waals surface area contributed by atoms with Gasteiger partial charge in [-0.1, -0.05) is 23.7 Å². The molecule has 3 heteroatoms. The Balaban J connectivity index is 2.11. The van der Waals surface area contributed by atoms with E-state index >= 15 is 0 Å². The van der Waals surface area contributed by atoms with E-state index in [0.29, 0.717) is 17.0 Å². The van der Waals surface area contributed by atoms with Crippen molar-refractivity contribution in [2.24, 2.45) is 0 Å². The summed E-state index contributed by atoms with van der Waals surface area (Å²) in [4.78, 5) is 12.0. The summed E-state index contributed by atoms with van der Waals surface area (Å²) >= 11 is 8.03. The van der Waals surface area contributed by atoms with Crippen LogP contribution < -0.4 is 0 Å². The van der Waals surface area contributed by atoms with Crippen molar-refractivity contribution in [2.45, 2.75) is 6.42 Å². The van der Waals surface area contributed by atoms with E-state index in [1.165, 1.54) is 3.57 Å². The first-order valence-corrected chi connectivity index (χ1v) is 6.64. The Labute approximate surface area is 119 Å². The highest BCUT2D eigenvalue weighted by Gasteiger charge is 2.06. The molecule has 0 heterocycles. The molecule has 2 aromatic carbocycles. The molecule has 2 rings (SSSR count). The van der Waals surface area contributed by atoms with E-state index in [1.54, 1.807) is 24.3 Å². The summed E-state index contributed by atoms with van der Waals surface area (Å²) in [6.07, 6.45) is 0.429. The number of halogens is 2. The fraction of sp³-hybridized carbons (Fsp3) is 0.0714. The highest BCUT2D eigenvalue weighted by Crippen LogP contribution is 2.13. The molecule has 0 saturated carbocycles. The van der Waals surface area contributed by atoms with Gasteiger partial charge >= 0.3 is 0 Å². The third-order valence-electron chi connectivity index (χ3n) is 2.44. The predicted octanol–water partition coefficient (Wildman–Crippen LogP) is 4.37. The molecular weight excluding hydrogens is 347 g/mol. The number of carbonyl (C=O) groups excluding carboxylic acids is 1. The summed E-state index contributed by atoms with van der Waals surface area (Å²) in [5.74, 6) is 0.114. The summed E-state index contributed by atoms with van der Waals surface area (Å²) in [6.45, 7) is 0. The Morgan fingerprint density at radius 2 is 1.59 bits per heavy atom. The van der Waals surface area contributed by atoms with Crippen molar-refractivity contribution in [3.05, 3.63) is 68.3 Å². The van der Waals surface area contributed by atoms with E-state index in [0.717, 1.165) is 5.56 Å². The first-order chi connectivity index (χ1) is 8.15. The molecule has 86 valence electrons. The summed E-state index contributed by atoms with van der Waals surface area (Å²) in [5.41, 5.74) is 1.73. The van der Waals surface area contributed by atoms with E-state index in [-0.39, 0.29) is 5.78 Å². The maximum atomic E-state index is 12.0. The molecule has 0 bridgehead atoms. The molecule has 1 nitrogen and oxygen atoms in total. The van der Waals surface area contributed by atoms with Crippen LogP contribution in [0.5, 0.6) is 0 Å². The van der Waals surface area contributed by atoms with E-state index in [9.17, 15) is 4.79 Å². The third-order valence-corrected chi connectivity index (χ3v) is 3.42. The van der Waals surface area contributed by atoms with Crippen LogP contribution >= 0.6 is 34.2 Å². The van der Waals surface area contributed by atoms with Crippen LogP contribution in [0.25, 0.3) is 0 Å². The SMILES string of the molecule is O=C(Cc1ccc(I)cc1)c1ccc(Cl)cc1. The number of carbonyl (C=O) groups is 1. The molecule has 0 N–H and O–H groups in total. The zero-order valence-corrected chi connectivity index (χ0v) is 11.9. The first kappa shape index (κ1) is 12.6. The second-order valence-corrected chi connectivity index (χ2v) is 5.42. The van der Waals surface area contributed by atoms with Crippen LogP contribution in [0.15, 0.2) is 48.5 Å². The zero-order chi connectivity index (χ0) is 12.3. The third kappa shape index (κ3) is 3.54. The number of benzene rings is 2. The van der Waals surface area contributed by atoms with Gasteiger partial charge in [0.2, 0.25) is 0 Å². The normalized spacial score (nSPS) is 10.2. The molecule has 0 unspecified atom stereocenters. The fourth-order valence-electron chi connectivity index (χ4n) is 1.53. The smallest absolute Gasteiger partial charge is 0.167 e. The maximum Gasteiger partial charge on any atom is 0.167 e. The van der Waals surface area contributed by atoms with Gasteiger partial charge in [0.05, 0.1) is 0 Å². The predicted molar refractivity (Wildman–Crippen MR) is 78.6 cm³/mol. The van der Waals surface area contributed by atoms with Gasteiger partial charge in [-0.05, 0) is 64.6 Å². The van der Waals surface area contributed by atoms with Crippen LogP contribution in [0.3, 0.4) is 0 Å². The van der Waals surface area contributed by atoms with Crippen molar-refractivity contribution in [3.63, 3.8) is 0 Å². The highest BCUT2D eigenvalue weighted by molar-refractivity contribution is 14.1. The molecule has 0 aliphatic heterocycles. The van der Waals surface area contributed by atoms with Gasteiger partial charge in [-0.3, -0.25) is 4.79 Å². The number of hydrogen-bond acceptors (Lipinski definition) is 1. The van der Waals surface area contributed by atoms with Crippen molar-refractivity contribution < 1.29 is 4.79 Å². The van der Waals surface area contributed by atoms with Gasteiger partial charge in [-0.15, -0.1) is 0 Å². The topological polar surface area (TPSA) is 17.1 Å². The minimum Gasteiger partial charge on any atom is -0.294 e. The second kappa shape index (κ2) is 5.65. The lowest BCUT2D eigenvalue weighted by molar-refractivity contribution is 0.0993. The molecule has 0 aliphatic rings. The van der Waals surface area contributed by atoms with E-state index in [4.69, 9.17) is 11.6 Å². The van der Waals surface area contributed by atoms with Gasteiger partial charge in [-0.25, -0.2) is 0 Å². The van der Waals surface area contributed by atoms with E-state index in [2.05, 4.69) is 22.6 Å². The minimum absolute atomic E-state index is 0.114. The number of ketones is 1. The Bertz CT molecular complexity index is 517. The lowest BCUT2D eigenvalue weighted by atomic mass is 10.0. The van der Waals surface area contributed by atoms with E-state index < -0.39 is 0 Å². The summed E-state index contributed by atoms with van der Waals surface area (Å²) in [6, 6.07) is 15.0. The van der Waals surface area contributed by atoms with Gasteiger partial charge in [0.25, 0.3) is 0 Å². The molecule has 2 aromatic rings. The van der Waals surface area contributed by atoms with Crippen molar-refractivity contribution in [1.82, 2.24) is 0 Å². The van der Waals surface area contributed by atoms with Crippen molar-refractivity contribution in [3.8, 4) is 0 Å². The van der Waals surface area contributed by atoms with Crippen molar-refractivity contribution in [2.75, 3.05) is 0 Å². The standard InChI is InChI=1S/C14H10ClIO/c15-12-5-3-11(4-6-12)14(17)9-10-1-7-13(16)8-2-10/h1-8H,9H2. The van der Waals surface area contributed by atoms with Crippen LogP contribution in [-0.4, -0.2) is 5.78 Å². The minimum atomic E-state index is 0.114. The van der Waals surface area contributed by atoms with E-state index in [1.807, 2.05) is 24.3 Å². The molecule has 0 saturated heterocycles. The molecule has 0 spiro atoms. The van der Waals surface area contributed by atoms with Gasteiger partial charge < -0.3 is 0 Å². The molecule has 0 radical (unpaired) electrons. The van der Waals surface area contributed by atoms with Crippen LogP contribution in [0.4, 0.5) is 0 Å². The average Bonchev–Trinajstić information content (AvgIpc) is 2.33. The van der Waals surface area contributed by atoms with Crippen LogP contribution in [-0.2, 0) is 6.42 Å². The number of Topliss-reactive ketones (excluding diaryl/α,β-unsaturated/α-hetero) is 1. The lowest BCUT2D eigenvalue weighted by Crippen LogP contribution is -2.03. The Morgan fingerprint density at radius 1 is 1.00 bits per heavy atom. The largest absolute Gasteiger partial charge is 0.294 e. The Kier molecular flexibility index (Phi) is 4.18. The van der Waals surface area contributed by atoms with Gasteiger partial charge in [-0.2, -0.15) is 0 Å². The van der Waals surface area contributed by atoms with Crippen LogP contribution in [0.1, 0.15) is 15.9 Å². The summed E-state index contributed by atoms with van der Waals surface area (Å²) in [7, 11) is 0. The molecule has 0 amide bonds. The van der Waals surface area contributed by atoms with Crippen LogP contribution in [0.2, 0.25) is 5.02 Å². The highest BCUT2D eigenvalue weighted by atomic mass is 127. The van der Waals surface area contributed by atoms with Crippen molar-refractivity contribution in [1.29, 1.82) is 0 Å². The number of rotatable bonds is 3. The lowest BCUT2D eigenvalue weighted by Gasteiger charge is -2.02. The number of hydrogen-bond donors (Lipinski definition) is 0. The van der Waals surface area contributed by atoms with Gasteiger partial charge in [0.15, 0.2) is 5.78 Å². The Hall–Kier alpha value is -0.870. The van der Waals surface area contributed by atoms with Gasteiger partial charge in [0, 0.05) is 20.6 Å². The fourth-order valence-corrected chi connectivity index (χ4v) is 2.01. The zero-order valence-electron chi connectivity index (χ0n) is 8.99. The second-order valence-electron chi connectivity index (χ2n) is 3.73. The quantitative estimate of drug-likeness (QED) is 0.589. The summed E-state index contributed by atoms with van der Waals surface area (Å²) in [5, 5.41) is 0.649. The molecular formula is C14H10ClIO. The van der Waals surface area contributed by atoms with Crippen LogP contribution in [0, 0.1) is 3.57 Å². The maximum absolute atomic E-state index is 12.0.